The number of nitrogens with one attached hydrogen (secondary N) is 2. The van der Waals surface area contributed by atoms with E-state index in [2.05, 4.69) is 26.7 Å². The number of amides is 2. The molecule has 1 heterocycles. The zero-order valence-corrected chi connectivity index (χ0v) is 9.69. The molecule has 0 saturated heterocycles. The number of halogens is 1. The van der Waals surface area contributed by atoms with Crippen molar-refractivity contribution in [3.8, 4) is 0 Å². The maximum atomic E-state index is 10.5. The second-order valence-corrected chi connectivity index (χ2v) is 3.99. The fraction of sp³-hybridized carbons (Fsp3) is 0. The summed E-state index contributed by atoms with van der Waals surface area (Å²) in [4.78, 5) is 20.9. The summed E-state index contributed by atoms with van der Waals surface area (Å²) < 4.78 is 2.43. The van der Waals surface area contributed by atoms with E-state index in [1.807, 2.05) is 18.2 Å². The normalized spacial score (nSPS) is 10.1. The van der Waals surface area contributed by atoms with E-state index in [0.717, 1.165) is 15.4 Å². The number of aromatic nitrogens is 1. The molecule has 2 aromatic rings. The van der Waals surface area contributed by atoms with Crippen molar-refractivity contribution in [3.63, 3.8) is 0 Å². The van der Waals surface area contributed by atoms with Crippen molar-refractivity contribution < 1.29 is 9.59 Å². The van der Waals surface area contributed by atoms with Gasteiger partial charge in [-0.3, -0.25) is 15.0 Å². The lowest BCUT2D eigenvalue weighted by atomic mass is 10.2. The molecule has 2 rings (SSSR count). The summed E-state index contributed by atoms with van der Waals surface area (Å²) in [7, 11) is 0. The predicted octanol–water partition coefficient (Wildman–Crippen LogP) is 1.67. The summed E-state index contributed by atoms with van der Waals surface area (Å²) in [6.07, 6.45) is 1.11. The molecule has 0 aliphatic heterocycles. The molecule has 0 radical (unpaired) electrons. The van der Waals surface area contributed by atoms with Gasteiger partial charge in [-0.25, -0.2) is 4.68 Å². The molecular weight excluding hydrogens is 274 g/mol. The Balaban J connectivity index is 2.64. The minimum absolute atomic E-state index is 0.509. The fourth-order valence-corrected chi connectivity index (χ4v) is 1.92. The van der Waals surface area contributed by atoms with Gasteiger partial charge in [-0.1, -0.05) is 15.9 Å². The lowest BCUT2D eigenvalue weighted by molar-refractivity contribution is -0.106. The third-order valence-electron chi connectivity index (χ3n) is 2.15. The van der Waals surface area contributed by atoms with E-state index in [0.29, 0.717) is 18.6 Å². The summed E-state index contributed by atoms with van der Waals surface area (Å²) >= 11 is 3.36. The van der Waals surface area contributed by atoms with E-state index in [1.165, 1.54) is 4.68 Å². The average Bonchev–Trinajstić information content (AvgIpc) is 2.57. The minimum atomic E-state index is 0.509. The molecule has 0 saturated carbocycles. The quantitative estimate of drug-likeness (QED) is 0.838. The molecule has 5 nitrogen and oxygen atoms in total. The number of rotatable bonds is 4. The van der Waals surface area contributed by atoms with Crippen molar-refractivity contribution in [2.75, 3.05) is 10.7 Å². The summed E-state index contributed by atoms with van der Waals surface area (Å²) in [6.45, 7) is 0. The molecule has 1 aromatic carbocycles. The number of hydrogen-bond acceptors (Lipinski definition) is 2. The zero-order valence-electron chi connectivity index (χ0n) is 8.11. The van der Waals surface area contributed by atoms with Crippen molar-refractivity contribution >= 4 is 45.5 Å². The Bertz CT molecular complexity index is 550. The Morgan fingerprint density at radius 1 is 1.19 bits per heavy atom. The standard InChI is InChI=1S/C10H8BrN3O2/c11-8-1-2-9-7(3-8)4-10(12-5-15)14(9)13-6-16/h1-6H,(H,12,15)(H,13,16). The molecule has 0 fully saturated rings. The van der Waals surface area contributed by atoms with Crippen molar-refractivity contribution in [2.45, 2.75) is 0 Å². The third-order valence-corrected chi connectivity index (χ3v) is 2.65. The van der Waals surface area contributed by atoms with Crippen LogP contribution in [0.2, 0.25) is 0 Å². The second kappa shape index (κ2) is 4.36. The van der Waals surface area contributed by atoms with Crippen LogP contribution in [-0.2, 0) is 9.59 Å². The first-order chi connectivity index (χ1) is 7.76. The first-order valence-electron chi connectivity index (χ1n) is 4.47. The number of carbonyl (C=O) groups excluding carboxylic acids is 2. The van der Waals surface area contributed by atoms with Crippen LogP contribution in [0.15, 0.2) is 28.7 Å². The largest absolute Gasteiger partial charge is 0.313 e. The number of anilines is 1. The van der Waals surface area contributed by atoms with Gasteiger partial charge in [0.15, 0.2) is 0 Å². The molecule has 0 aliphatic carbocycles. The van der Waals surface area contributed by atoms with Crippen LogP contribution in [0, 0.1) is 0 Å². The molecule has 0 bridgehead atoms. The van der Waals surface area contributed by atoms with Crippen LogP contribution < -0.4 is 10.7 Å². The van der Waals surface area contributed by atoms with Gasteiger partial charge in [0.25, 0.3) is 0 Å². The predicted molar refractivity (Wildman–Crippen MR) is 64.7 cm³/mol. The van der Waals surface area contributed by atoms with Gasteiger partial charge in [0.2, 0.25) is 12.8 Å². The van der Waals surface area contributed by atoms with Gasteiger partial charge in [0.05, 0.1) is 5.52 Å². The number of nitrogens with zero attached hydrogens (tertiary/aromatic N) is 1. The van der Waals surface area contributed by atoms with E-state index < -0.39 is 0 Å². The highest BCUT2D eigenvalue weighted by atomic mass is 79.9. The van der Waals surface area contributed by atoms with E-state index in [1.54, 1.807) is 6.07 Å². The highest BCUT2D eigenvalue weighted by Gasteiger charge is 2.07. The summed E-state index contributed by atoms with van der Waals surface area (Å²) in [5.41, 5.74) is 3.31. The van der Waals surface area contributed by atoms with E-state index in [-0.39, 0.29) is 0 Å². The van der Waals surface area contributed by atoms with Gasteiger partial charge in [-0.15, -0.1) is 0 Å². The van der Waals surface area contributed by atoms with Gasteiger partial charge in [0.1, 0.15) is 5.82 Å². The molecule has 0 atom stereocenters. The van der Waals surface area contributed by atoms with Gasteiger partial charge >= 0.3 is 0 Å². The monoisotopic (exact) mass is 281 g/mol. The molecule has 2 amide bonds. The lowest BCUT2D eigenvalue weighted by Crippen LogP contribution is -2.15. The third kappa shape index (κ3) is 1.79. The maximum Gasteiger partial charge on any atom is 0.226 e. The SMILES string of the molecule is O=CNc1cc2cc(Br)ccc2n1NC=O. The summed E-state index contributed by atoms with van der Waals surface area (Å²) in [6, 6.07) is 7.36. The van der Waals surface area contributed by atoms with Crippen molar-refractivity contribution in [2.24, 2.45) is 0 Å². The minimum Gasteiger partial charge on any atom is -0.313 e. The molecule has 0 spiro atoms. The van der Waals surface area contributed by atoms with Crippen LogP contribution >= 0.6 is 15.9 Å². The van der Waals surface area contributed by atoms with Crippen LogP contribution in [0.4, 0.5) is 5.82 Å². The van der Waals surface area contributed by atoms with E-state index in [9.17, 15) is 9.59 Å². The number of carbonyl (C=O) groups is 2. The molecule has 82 valence electrons. The molecule has 6 heteroatoms. The Hall–Kier alpha value is -1.82. The second-order valence-electron chi connectivity index (χ2n) is 3.08. The van der Waals surface area contributed by atoms with E-state index >= 15 is 0 Å². The van der Waals surface area contributed by atoms with Gasteiger partial charge < -0.3 is 5.32 Å². The number of fused-ring (bicyclic) bond motifs is 1. The van der Waals surface area contributed by atoms with Crippen LogP contribution in [0.5, 0.6) is 0 Å². The van der Waals surface area contributed by atoms with Crippen LogP contribution in [-0.4, -0.2) is 17.5 Å². The molecule has 1 aromatic heterocycles. The van der Waals surface area contributed by atoms with E-state index in [4.69, 9.17) is 0 Å². The number of benzene rings is 1. The van der Waals surface area contributed by atoms with Crippen LogP contribution in [0.3, 0.4) is 0 Å². The highest BCUT2D eigenvalue weighted by Crippen LogP contribution is 2.25. The molecule has 0 unspecified atom stereocenters. The highest BCUT2D eigenvalue weighted by molar-refractivity contribution is 9.10. The maximum absolute atomic E-state index is 10.5. The summed E-state index contributed by atoms with van der Waals surface area (Å²) in [5.74, 6) is 0.509. The lowest BCUT2D eigenvalue weighted by Gasteiger charge is -2.06. The van der Waals surface area contributed by atoms with Crippen LogP contribution in [0.1, 0.15) is 0 Å². The van der Waals surface area contributed by atoms with Crippen LogP contribution in [0.25, 0.3) is 10.9 Å². The molecule has 0 aliphatic rings. The first-order valence-corrected chi connectivity index (χ1v) is 5.27. The van der Waals surface area contributed by atoms with Gasteiger partial charge in [-0.2, -0.15) is 0 Å². The Morgan fingerprint density at radius 2 is 2.00 bits per heavy atom. The van der Waals surface area contributed by atoms with Crippen molar-refractivity contribution in [1.82, 2.24) is 4.68 Å². The Labute approximate surface area is 99.5 Å². The molecule has 2 N–H and O–H groups in total. The molecule has 16 heavy (non-hydrogen) atoms. The number of hydrogen-bond donors (Lipinski definition) is 2. The van der Waals surface area contributed by atoms with Gasteiger partial charge in [-0.05, 0) is 24.3 Å². The summed E-state index contributed by atoms with van der Waals surface area (Å²) in [5, 5.41) is 3.43. The fourth-order valence-electron chi connectivity index (χ4n) is 1.54. The zero-order chi connectivity index (χ0) is 11.5. The average molecular weight is 282 g/mol. The Morgan fingerprint density at radius 3 is 2.69 bits per heavy atom. The smallest absolute Gasteiger partial charge is 0.226 e. The first kappa shape index (κ1) is 10.7. The van der Waals surface area contributed by atoms with Gasteiger partial charge in [0, 0.05) is 9.86 Å². The topological polar surface area (TPSA) is 63.1 Å². The molecular formula is C10H8BrN3O2. The van der Waals surface area contributed by atoms with Crippen molar-refractivity contribution in [3.05, 3.63) is 28.7 Å². The van der Waals surface area contributed by atoms with Crippen molar-refractivity contribution in [1.29, 1.82) is 0 Å². The Kier molecular flexibility index (Phi) is 2.91.